The van der Waals surface area contributed by atoms with E-state index in [-0.39, 0.29) is 6.54 Å². The quantitative estimate of drug-likeness (QED) is 0.695. The third-order valence-electron chi connectivity index (χ3n) is 4.04. The van der Waals surface area contributed by atoms with Gasteiger partial charge >= 0.3 is 0 Å². The lowest BCUT2D eigenvalue weighted by atomic mass is 10.0. The standard InChI is InChI=1S/C19H20N2O3S2/c1-13-11-14(2)21-19(15-6-8-16(24-3)9-7-15)17(13)12-20-26(22,23)18-5-4-10-25-18/h4-11,20H,12H2,1-3H3. The molecule has 3 aromatic rings. The first-order chi connectivity index (χ1) is 12.4. The van der Waals surface area contributed by atoms with Crippen LogP contribution >= 0.6 is 11.3 Å². The van der Waals surface area contributed by atoms with Gasteiger partial charge in [0.1, 0.15) is 9.96 Å². The normalized spacial score (nSPS) is 11.5. The number of nitrogens with zero attached hydrogens (tertiary/aromatic N) is 1. The SMILES string of the molecule is COc1ccc(-c2nc(C)cc(C)c2CNS(=O)(=O)c2cccs2)cc1. The Labute approximate surface area is 157 Å². The molecule has 7 heteroatoms. The van der Waals surface area contributed by atoms with Gasteiger partial charge in [-0.15, -0.1) is 11.3 Å². The van der Waals surface area contributed by atoms with Crippen molar-refractivity contribution in [2.24, 2.45) is 0 Å². The maximum absolute atomic E-state index is 12.4. The van der Waals surface area contributed by atoms with Gasteiger partial charge in [0.15, 0.2) is 0 Å². The van der Waals surface area contributed by atoms with Gasteiger partial charge in [-0.3, -0.25) is 4.98 Å². The molecule has 136 valence electrons. The number of benzene rings is 1. The first-order valence-electron chi connectivity index (χ1n) is 8.05. The number of methoxy groups -OCH3 is 1. The Kier molecular flexibility index (Phi) is 5.41. The van der Waals surface area contributed by atoms with E-state index in [1.54, 1.807) is 24.6 Å². The molecule has 0 aliphatic heterocycles. The predicted molar refractivity (Wildman–Crippen MR) is 104 cm³/mol. The minimum atomic E-state index is -3.53. The van der Waals surface area contributed by atoms with Crippen LogP contribution in [-0.2, 0) is 16.6 Å². The Hall–Kier alpha value is -2.22. The summed E-state index contributed by atoms with van der Waals surface area (Å²) in [5, 5.41) is 1.75. The molecule has 0 aliphatic carbocycles. The zero-order valence-electron chi connectivity index (χ0n) is 14.8. The van der Waals surface area contributed by atoms with E-state index >= 15 is 0 Å². The number of nitrogens with one attached hydrogen (secondary N) is 1. The monoisotopic (exact) mass is 388 g/mol. The van der Waals surface area contributed by atoms with Gasteiger partial charge in [-0.25, -0.2) is 13.1 Å². The highest BCUT2D eigenvalue weighted by Gasteiger charge is 2.18. The molecule has 2 aromatic heterocycles. The fraction of sp³-hybridized carbons (Fsp3) is 0.211. The number of hydrogen-bond acceptors (Lipinski definition) is 5. The second-order valence-electron chi connectivity index (χ2n) is 5.89. The van der Waals surface area contributed by atoms with Crippen LogP contribution in [0.1, 0.15) is 16.8 Å². The average molecular weight is 389 g/mol. The first kappa shape index (κ1) is 18.6. The number of aromatic nitrogens is 1. The minimum Gasteiger partial charge on any atom is -0.497 e. The predicted octanol–water partition coefficient (Wildman–Crippen LogP) is 3.91. The van der Waals surface area contributed by atoms with Crippen molar-refractivity contribution < 1.29 is 13.2 Å². The molecule has 0 radical (unpaired) electrons. The Bertz CT molecular complexity index is 996. The van der Waals surface area contributed by atoms with E-state index in [2.05, 4.69) is 9.71 Å². The summed E-state index contributed by atoms with van der Waals surface area (Å²) in [6.07, 6.45) is 0. The van der Waals surface area contributed by atoms with Gasteiger partial charge in [-0.05, 0) is 66.8 Å². The first-order valence-corrected chi connectivity index (χ1v) is 10.4. The molecule has 0 aliphatic rings. The molecule has 0 spiro atoms. The highest BCUT2D eigenvalue weighted by molar-refractivity contribution is 7.91. The summed E-state index contributed by atoms with van der Waals surface area (Å²) < 4.78 is 33.1. The van der Waals surface area contributed by atoms with Crippen LogP contribution in [0.2, 0.25) is 0 Å². The summed E-state index contributed by atoms with van der Waals surface area (Å²) in [5.74, 6) is 0.762. The van der Waals surface area contributed by atoms with Gasteiger partial charge in [0, 0.05) is 17.8 Å². The van der Waals surface area contributed by atoms with Gasteiger partial charge in [-0.2, -0.15) is 0 Å². The number of sulfonamides is 1. The molecule has 26 heavy (non-hydrogen) atoms. The highest BCUT2D eigenvalue weighted by atomic mass is 32.2. The van der Waals surface area contributed by atoms with Crippen LogP contribution < -0.4 is 9.46 Å². The summed E-state index contributed by atoms with van der Waals surface area (Å²) >= 11 is 1.20. The Morgan fingerprint density at radius 3 is 2.50 bits per heavy atom. The highest BCUT2D eigenvalue weighted by Crippen LogP contribution is 2.27. The van der Waals surface area contributed by atoms with E-state index in [1.807, 2.05) is 44.2 Å². The van der Waals surface area contributed by atoms with E-state index < -0.39 is 10.0 Å². The van der Waals surface area contributed by atoms with Crippen LogP contribution in [-0.4, -0.2) is 20.5 Å². The van der Waals surface area contributed by atoms with E-state index in [0.717, 1.165) is 33.8 Å². The Morgan fingerprint density at radius 2 is 1.88 bits per heavy atom. The average Bonchev–Trinajstić information content (AvgIpc) is 3.16. The fourth-order valence-electron chi connectivity index (χ4n) is 2.73. The number of hydrogen-bond donors (Lipinski definition) is 1. The maximum atomic E-state index is 12.4. The smallest absolute Gasteiger partial charge is 0.250 e. The van der Waals surface area contributed by atoms with Crippen LogP contribution in [0.3, 0.4) is 0 Å². The van der Waals surface area contributed by atoms with Crippen molar-refractivity contribution >= 4 is 21.4 Å². The second kappa shape index (κ2) is 7.57. The van der Waals surface area contributed by atoms with Crippen LogP contribution in [0, 0.1) is 13.8 Å². The molecule has 5 nitrogen and oxygen atoms in total. The molecule has 1 N–H and O–H groups in total. The molecule has 0 amide bonds. The Balaban J connectivity index is 1.96. The number of thiophene rings is 1. The van der Waals surface area contributed by atoms with Crippen LogP contribution in [0.25, 0.3) is 11.3 Å². The van der Waals surface area contributed by atoms with Crippen LogP contribution in [0.4, 0.5) is 0 Å². The van der Waals surface area contributed by atoms with Crippen molar-refractivity contribution in [2.45, 2.75) is 24.6 Å². The summed E-state index contributed by atoms with van der Waals surface area (Å²) in [4.78, 5) is 4.65. The molecular weight excluding hydrogens is 368 g/mol. The van der Waals surface area contributed by atoms with Crippen molar-refractivity contribution in [1.82, 2.24) is 9.71 Å². The number of rotatable bonds is 6. The lowest BCUT2D eigenvalue weighted by molar-refractivity contribution is 0.415. The second-order valence-corrected chi connectivity index (χ2v) is 8.83. The van der Waals surface area contributed by atoms with E-state index in [1.165, 1.54) is 11.3 Å². The minimum absolute atomic E-state index is 0.181. The molecule has 0 fully saturated rings. The Morgan fingerprint density at radius 1 is 1.15 bits per heavy atom. The molecule has 1 aromatic carbocycles. The van der Waals surface area contributed by atoms with E-state index in [9.17, 15) is 8.42 Å². The third kappa shape index (κ3) is 3.95. The van der Waals surface area contributed by atoms with Gasteiger partial charge in [0.25, 0.3) is 0 Å². The maximum Gasteiger partial charge on any atom is 0.250 e. The molecular formula is C19H20N2O3S2. The van der Waals surface area contributed by atoms with Crippen molar-refractivity contribution in [3.8, 4) is 17.0 Å². The summed E-state index contributed by atoms with van der Waals surface area (Å²) in [6.45, 7) is 4.08. The van der Waals surface area contributed by atoms with Crippen LogP contribution in [0.15, 0.2) is 52.1 Å². The van der Waals surface area contributed by atoms with Gasteiger partial charge in [-0.1, -0.05) is 6.07 Å². The van der Waals surface area contributed by atoms with Crippen LogP contribution in [0.5, 0.6) is 5.75 Å². The molecule has 3 rings (SSSR count). The zero-order chi connectivity index (χ0) is 18.7. The van der Waals surface area contributed by atoms with Gasteiger partial charge in [0.2, 0.25) is 10.0 Å². The molecule has 2 heterocycles. The molecule has 0 saturated heterocycles. The lowest BCUT2D eigenvalue weighted by Gasteiger charge is -2.14. The number of aryl methyl sites for hydroxylation is 2. The number of pyridine rings is 1. The largest absolute Gasteiger partial charge is 0.497 e. The third-order valence-corrected chi connectivity index (χ3v) is 6.84. The van der Waals surface area contributed by atoms with Crippen molar-refractivity contribution in [3.63, 3.8) is 0 Å². The molecule has 0 unspecified atom stereocenters. The van der Waals surface area contributed by atoms with E-state index in [4.69, 9.17) is 4.74 Å². The number of ether oxygens (including phenoxy) is 1. The zero-order valence-corrected chi connectivity index (χ0v) is 16.4. The summed E-state index contributed by atoms with van der Waals surface area (Å²) in [5.41, 5.74) is 4.44. The molecule has 0 saturated carbocycles. The molecule has 0 atom stereocenters. The van der Waals surface area contributed by atoms with Crippen molar-refractivity contribution in [2.75, 3.05) is 7.11 Å². The topological polar surface area (TPSA) is 68.3 Å². The van der Waals surface area contributed by atoms with Crippen molar-refractivity contribution in [3.05, 3.63) is 64.7 Å². The van der Waals surface area contributed by atoms with E-state index in [0.29, 0.717) is 4.21 Å². The lowest BCUT2D eigenvalue weighted by Crippen LogP contribution is -2.23. The van der Waals surface area contributed by atoms with Gasteiger partial charge < -0.3 is 4.74 Å². The fourth-order valence-corrected chi connectivity index (χ4v) is 4.76. The summed E-state index contributed by atoms with van der Waals surface area (Å²) in [6, 6.07) is 12.9. The van der Waals surface area contributed by atoms with Crippen molar-refractivity contribution in [1.29, 1.82) is 0 Å². The summed E-state index contributed by atoms with van der Waals surface area (Å²) in [7, 11) is -1.91. The molecule has 0 bridgehead atoms. The van der Waals surface area contributed by atoms with Gasteiger partial charge in [0.05, 0.1) is 12.8 Å².